The van der Waals surface area contributed by atoms with Gasteiger partial charge < -0.3 is 25.0 Å². The fourth-order valence-electron chi connectivity index (χ4n) is 5.49. The highest BCUT2D eigenvalue weighted by atomic mass is 19.3. The second-order valence-electron chi connectivity index (χ2n) is 9.42. The first kappa shape index (κ1) is 23.5. The maximum absolute atomic E-state index is 14.7. The minimum absolute atomic E-state index is 0.0188. The van der Waals surface area contributed by atoms with E-state index >= 15 is 0 Å². The summed E-state index contributed by atoms with van der Waals surface area (Å²) in [7, 11) is 0. The van der Waals surface area contributed by atoms with Crippen molar-refractivity contribution in [2.75, 3.05) is 42.0 Å². The fourth-order valence-corrected chi connectivity index (χ4v) is 5.49. The minimum Gasteiger partial charge on any atom is -0.384 e. The number of nitrogen functional groups attached to an aromatic ring is 1. The summed E-state index contributed by atoms with van der Waals surface area (Å²) in [6, 6.07) is -3.42. The lowest BCUT2D eigenvalue weighted by Crippen LogP contribution is -2.52. The average molecular weight is 517 g/mol. The van der Waals surface area contributed by atoms with E-state index in [4.69, 9.17) is 15.2 Å². The molecule has 4 aliphatic heterocycles. The lowest BCUT2D eigenvalue weighted by Gasteiger charge is -2.37. The van der Waals surface area contributed by atoms with Gasteiger partial charge >= 0.3 is 0 Å². The molecule has 4 unspecified atom stereocenters. The predicted molar refractivity (Wildman–Crippen MR) is 113 cm³/mol. The second-order valence-corrected chi connectivity index (χ2v) is 9.42. The Kier molecular flexibility index (Phi) is 5.23. The van der Waals surface area contributed by atoms with E-state index in [1.54, 1.807) is 0 Å². The molecule has 15 heteroatoms. The third-order valence-corrected chi connectivity index (χ3v) is 7.13. The summed E-state index contributed by atoms with van der Waals surface area (Å²) in [4.78, 5) is 19.3. The van der Waals surface area contributed by atoms with E-state index in [9.17, 15) is 26.3 Å². The van der Waals surface area contributed by atoms with E-state index in [0.29, 0.717) is 0 Å². The molecule has 6 heterocycles. The molecule has 0 radical (unpaired) electrons. The molecule has 0 saturated carbocycles. The highest BCUT2D eigenvalue weighted by Gasteiger charge is 2.59. The van der Waals surface area contributed by atoms with E-state index in [1.807, 2.05) is 0 Å². The van der Waals surface area contributed by atoms with Crippen LogP contribution in [-0.2, 0) is 9.47 Å². The molecule has 4 atom stereocenters. The second kappa shape index (κ2) is 8.03. The molecule has 194 valence electrons. The molecule has 0 aromatic carbocycles. The molecule has 0 spiro atoms. The van der Waals surface area contributed by atoms with Crippen LogP contribution in [0.1, 0.15) is 24.8 Å². The molecular weight excluding hydrogens is 496 g/mol. The van der Waals surface area contributed by atoms with E-state index in [0.717, 1.165) is 12.3 Å². The number of nitrogens with two attached hydrogens (primary N) is 1. The summed E-state index contributed by atoms with van der Waals surface area (Å²) in [5.41, 5.74) is 4.84. The van der Waals surface area contributed by atoms with Crippen LogP contribution >= 0.6 is 0 Å². The molecule has 0 amide bonds. The van der Waals surface area contributed by atoms with Gasteiger partial charge in [0.05, 0.1) is 38.5 Å². The number of alkyl halides is 6. The molecule has 4 saturated heterocycles. The van der Waals surface area contributed by atoms with Crippen LogP contribution in [0.5, 0.6) is 0 Å². The summed E-state index contributed by atoms with van der Waals surface area (Å²) in [5.74, 6) is -7.15. The van der Waals surface area contributed by atoms with Gasteiger partial charge in [-0.3, -0.25) is 0 Å². The first-order chi connectivity index (χ1) is 17.0. The zero-order valence-corrected chi connectivity index (χ0v) is 18.6. The van der Waals surface area contributed by atoms with Crippen molar-refractivity contribution < 1.29 is 35.8 Å². The minimum atomic E-state index is -3.12. The van der Waals surface area contributed by atoms with Gasteiger partial charge in [0.25, 0.3) is 18.3 Å². The zero-order chi connectivity index (χ0) is 25.4. The van der Waals surface area contributed by atoms with Crippen LogP contribution in [0.4, 0.5) is 44.1 Å². The number of hydrogen-bond donors (Lipinski definition) is 1. The SMILES string of the molecule is Nc1cc(C(F)F)c(-c2nc(N3C4COCC3C(F)(F)C4)nc(N3C4COCC3C(F)(F)C4)n2)cn1. The summed E-state index contributed by atoms with van der Waals surface area (Å²) in [6.45, 7) is -0.636. The standard InChI is InChI=1S/C21H21F6N7O2/c22-16(23)11-1-15(28)29-4-12(11)17-30-18(33-9-2-20(24,25)13(33)7-35-5-9)32-19(31-17)34-10-3-21(26,27)14(34)8-36-6-10/h1,4,9-10,13-14,16H,2-3,5-8H2,(H2,28,29). The van der Waals surface area contributed by atoms with E-state index in [2.05, 4.69) is 19.9 Å². The Hall–Kier alpha value is -2.94. The number of aromatic nitrogens is 4. The van der Waals surface area contributed by atoms with E-state index in [1.165, 1.54) is 9.80 Å². The van der Waals surface area contributed by atoms with Crippen LogP contribution in [0, 0.1) is 0 Å². The van der Waals surface area contributed by atoms with Gasteiger partial charge in [-0.05, 0) is 6.07 Å². The van der Waals surface area contributed by atoms with Crippen molar-refractivity contribution >= 4 is 17.7 Å². The quantitative estimate of drug-likeness (QED) is 0.614. The topological polar surface area (TPSA) is 103 Å². The molecule has 4 aliphatic rings. The zero-order valence-electron chi connectivity index (χ0n) is 18.6. The largest absolute Gasteiger partial charge is 0.384 e. The average Bonchev–Trinajstić information content (AvgIpc) is 3.07. The molecule has 36 heavy (non-hydrogen) atoms. The number of rotatable bonds is 4. The van der Waals surface area contributed by atoms with Crippen molar-refractivity contribution in [3.05, 3.63) is 17.8 Å². The Labute approximate surface area is 200 Å². The number of nitrogens with zero attached hydrogens (tertiary/aromatic N) is 6. The van der Waals surface area contributed by atoms with Crippen LogP contribution in [-0.4, -0.2) is 82.4 Å². The van der Waals surface area contributed by atoms with Gasteiger partial charge in [0.1, 0.15) is 17.9 Å². The van der Waals surface area contributed by atoms with Gasteiger partial charge in [-0.1, -0.05) is 0 Å². The Bertz CT molecular complexity index is 1130. The smallest absolute Gasteiger partial charge is 0.272 e. The van der Waals surface area contributed by atoms with Gasteiger partial charge in [0, 0.05) is 30.2 Å². The molecule has 4 bridgehead atoms. The lowest BCUT2D eigenvalue weighted by molar-refractivity contribution is -0.0248. The Morgan fingerprint density at radius 2 is 1.39 bits per heavy atom. The molecule has 9 nitrogen and oxygen atoms in total. The van der Waals surface area contributed by atoms with Crippen molar-refractivity contribution in [3.63, 3.8) is 0 Å². The van der Waals surface area contributed by atoms with Crippen LogP contribution < -0.4 is 15.5 Å². The van der Waals surface area contributed by atoms with Crippen LogP contribution in [0.25, 0.3) is 11.4 Å². The first-order valence-corrected chi connectivity index (χ1v) is 11.3. The summed E-state index contributed by atoms with van der Waals surface area (Å²) < 4.78 is 97.2. The normalized spacial score (nSPS) is 30.3. The highest BCUT2D eigenvalue weighted by Crippen LogP contribution is 2.46. The number of pyridine rings is 1. The third-order valence-electron chi connectivity index (χ3n) is 7.13. The summed E-state index contributed by atoms with van der Waals surface area (Å²) in [6.07, 6.45) is -2.96. The number of halogens is 6. The maximum atomic E-state index is 14.7. The highest BCUT2D eigenvalue weighted by molar-refractivity contribution is 5.65. The van der Waals surface area contributed by atoms with Gasteiger partial charge in [-0.2, -0.15) is 15.0 Å². The molecule has 6 rings (SSSR count). The summed E-state index contributed by atoms with van der Waals surface area (Å²) >= 11 is 0. The van der Waals surface area contributed by atoms with Crippen LogP contribution in [0.2, 0.25) is 0 Å². The number of hydrogen-bond acceptors (Lipinski definition) is 9. The molecule has 4 fully saturated rings. The Balaban J connectivity index is 1.52. The van der Waals surface area contributed by atoms with Gasteiger partial charge in [-0.25, -0.2) is 31.3 Å². The summed E-state index contributed by atoms with van der Waals surface area (Å²) in [5, 5.41) is 0. The van der Waals surface area contributed by atoms with Gasteiger partial charge in [-0.15, -0.1) is 0 Å². The number of ether oxygens (including phenoxy) is 2. The molecule has 2 aromatic heterocycles. The Morgan fingerprint density at radius 1 is 0.861 bits per heavy atom. The van der Waals surface area contributed by atoms with Crippen molar-refractivity contribution in [1.29, 1.82) is 0 Å². The van der Waals surface area contributed by atoms with Crippen LogP contribution in [0.3, 0.4) is 0 Å². The van der Waals surface area contributed by atoms with Gasteiger partial charge in [0.15, 0.2) is 5.82 Å². The third kappa shape index (κ3) is 3.62. The van der Waals surface area contributed by atoms with Crippen molar-refractivity contribution in [2.45, 2.75) is 55.3 Å². The van der Waals surface area contributed by atoms with Crippen LogP contribution in [0.15, 0.2) is 12.3 Å². The van der Waals surface area contributed by atoms with Crippen molar-refractivity contribution in [2.24, 2.45) is 0 Å². The fraction of sp³-hybridized carbons (Fsp3) is 0.619. The number of morpholine rings is 2. The van der Waals surface area contributed by atoms with Crippen molar-refractivity contribution in [3.8, 4) is 11.4 Å². The Morgan fingerprint density at radius 3 is 1.86 bits per heavy atom. The van der Waals surface area contributed by atoms with Gasteiger partial charge in [0.2, 0.25) is 11.9 Å². The first-order valence-electron chi connectivity index (χ1n) is 11.3. The van der Waals surface area contributed by atoms with E-state index < -0.39 is 60.8 Å². The number of fused-ring (bicyclic) bond motifs is 4. The monoisotopic (exact) mass is 517 g/mol. The molecular formula is C21H21F6N7O2. The predicted octanol–water partition coefficient (Wildman–Crippen LogP) is 2.68. The molecule has 2 aromatic rings. The molecule has 0 aliphatic carbocycles. The lowest BCUT2D eigenvalue weighted by atomic mass is 10.1. The van der Waals surface area contributed by atoms with E-state index in [-0.39, 0.29) is 55.5 Å². The molecule has 2 N–H and O–H groups in total. The maximum Gasteiger partial charge on any atom is 0.272 e. The van der Waals surface area contributed by atoms with Crippen molar-refractivity contribution in [1.82, 2.24) is 19.9 Å². The number of anilines is 3.